The predicted octanol–water partition coefficient (Wildman–Crippen LogP) is 2.27. The van der Waals surface area contributed by atoms with Gasteiger partial charge < -0.3 is 0 Å². The third kappa shape index (κ3) is 3.96. The minimum Gasteiger partial charge on any atom is -0.300 e. The van der Waals surface area contributed by atoms with Crippen LogP contribution in [0.25, 0.3) is 0 Å². The van der Waals surface area contributed by atoms with E-state index in [0.717, 1.165) is 12.2 Å². The molecular formula is C10H16N2OS. The summed E-state index contributed by atoms with van der Waals surface area (Å²) in [5, 5.41) is 4.08. The first-order valence-electron chi connectivity index (χ1n) is 4.85. The monoisotopic (exact) mass is 212 g/mol. The lowest BCUT2D eigenvalue weighted by Gasteiger charge is -1.97. The van der Waals surface area contributed by atoms with Gasteiger partial charge in [0.2, 0.25) is 0 Å². The van der Waals surface area contributed by atoms with E-state index in [-0.39, 0.29) is 0 Å². The lowest BCUT2D eigenvalue weighted by Crippen LogP contribution is -1.95. The second kappa shape index (κ2) is 5.86. The van der Waals surface area contributed by atoms with Crippen molar-refractivity contribution in [1.82, 2.24) is 9.78 Å². The summed E-state index contributed by atoms with van der Waals surface area (Å²) in [5.74, 6) is 1.36. The fourth-order valence-electron chi connectivity index (χ4n) is 1.11. The van der Waals surface area contributed by atoms with Crippen LogP contribution in [0.4, 0.5) is 0 Å². The molecule has 78 valence electrons. The van der Waals surface area contributed by atoms with E-state index in [4.69, 9.17) is 0 Å². The molecule has 0 saturated heterocycles. The Labute approximate surface area is 88.9 Å². The summed E-state index contributed by atoms with van der Waals surface area (Å²) in [6.45, 7) is 1.91. The fourth-order valence-corrected chi connectivity index (χ4v) is 1.98. The van der Waals surface area contributed by atoms with Crippen molar-refractivity contribution in [3.8, 4) is 0 Å². The molecule has 1 aromatic heterocycles. The normalized spacial score (nSPS) is 10.4. The SMILES string of the molecule is CCC(=O)CCCSc1cnn(C)c1. The van der Waals surface area contributed by atoms with Crippen LogP contribution in [-0.2, 0) is 11.8 Å². The third-order valence-corrected chi connectivity index (χ3v) is 2.98. The van der Waals surface area contributed by atoms with Gasteiger partial charge in [-0.25, -0.2) is 0 Å². The molecule has 0 aliphatic carbocycles. The third-order valence-electron chi connectivity index (χ3n) is 1.94. The lowest BCUT2D eigenvalue weighted by atomic mass is 10.2. The van der Waals surface area contributed by atoms with Crippen LogP contribution < -0.4 is 0 Å². The second-order valence-electron chi connectivity index (χ2n) is 3.19. The standard InChI is InChI=1S/C10H16N2OS/c1-3-9(13)5-4-6-14-10-7-11-12(2)8-10/h7-8H,3-6H2,1-2H3. The van der Waals surface area contributed by atoms with Crippen molar-refractivity contribution in [3.05, 3.63) is 12.4 Å². The molecule has 0 aliphatic rings. The number of Topliss-reactive ketones (excluding diaryl/α,β-unsaturated/α-hetero) is 1. The smallest absolute Gasteiger partial charge is 0.132 e. The highest BCUT2D eigenvalue weighted by Crippen LogP contribution is 2.17. The van der Waals surface area contributed by atoms with Crippen LogP contribution in [0, 0.1) is 0 Å². The number of thioether (sulfide) groups is 1. The molecule has 14 heavy (non-hydrogen) atoms. The number of aryl methyl sites for hydroxylation is 1. The number of hydrogen-bond donors (Lipinski definition) is 0. The zero-order chi connectivity index (χ0) is 10.4. The van der Waals surface area contributed by atoms with Crippen LogP contribution in [0.1, 0.15) is 26.2 Å². The van der Waals surface area contributed by atoms with Gasteiger partial charge in [-0.3, -0.25) is 9.48 Å². The number of rotatable bonds is 6. The first-order valence-corrected chi connectivity index (χ1v) is 5.84. The second-order valence-corrected chi connectivity index (χ2v) is 4.36. The Hall–Kier alpha value is -0.770. The summed E-state index contributed by atoms with van der Waals surface area (Å²) in [4.78, 5) is 12.2. The molecule has 1 rings (SSSR count). The van der Waals surface area contributed by atoms with Crippen LogP contribution in [0.3, 0.4) is 0 Å². The molecule has 0 saturated carbocycles. The predicted molar refractivity (Wildman–Crippen MR) is 58.5 cm³/mol. The first-order chi connectivity index (χ1) is 6.72. The number of aromatic nitrogens is 2. The Morgan fingerprint density at radius 3 is 3.00 bits per heavy atom. The molecule has 0 fully saturated rings. The molecule has 0 amide bonds. The Morgan fingerprint density at radius 1 is 1.64 bits per heavy atom. The van der Waals surface area contributed by atoms with E-state index in [1.807, 2.05) is 26.4 Å². The summed E-state index contributed by atoms with van der Waals surface area (Å²) < 4.78 is 1.79. The molecule has 0 radical (unpaired) electrons. The van der Waals surface area contributed by atoms with Crippen molar-refractivity contribution in [2.45, 2.75) is 31.1 Å². The summed E-state index contributed by atoms with van der Waals surface area (Å²) in [6.07, 6.45) is 6.19. The van der Waals surface area contributed by atoms with E-state index >= 15 is 0 Å². The average molecular weight is 212 g/mol. The first kappa shape index (κ1) is 11.3. The van der Waals surface area contributed by atoms with E-state index in [9.17, 15) is 4.79 Å². The van der Waals surface area contributed by atoms with Gasteiger partial charge in [-0.2, -0.15) is 5.10 Å². The molecule has 0 N–H and O–H groups in total. The minimum atomic E-state index is 0.358. The lowest BCUT2D eigenvalue weighted by molar-refractivity contribution is -0.118. The molecule has 3 nitrogen and oxygen atoms in total. The number of ketones is 1. The maximum Gasteiger partial charge on any atom is 0.132 e. The van der Waals surface area contributed by atoms with Gasteiger partial charge in [0.1, 0.15) is 5.78 Å². The van der Waals surface area contributed by atoms with E-state index in [1.165, 1.54) is 4.90 Å². The molecule has 0 bridgehead atoms. The maximum atomic E-state index is 11.0. The maximum absolute atomic E-state index is 11.0. The van der Waals surface area contributed by atoms with Gasteiger partial charge in [0.15, 0.2) is 0 Å². The number of nitrogens with zero attached hydrogens (tertiary/aromatic N) is 2. The van der Waals surface area contributed by atoms with Gasteiger partial charge in [-0.15, -0.1) is 11.8 Å². The van der Waals surface area contributed by atoms with E-state index < -0.39 is 0 Å². The van der Waals surface area contributed by atoms with Crippen LogP contribution >= 0.6 is 11.8 Å². The van der Waals surface area contributed by atoms with E-state index in [0.29, 0.717) is 18.6 Å². The number of carbonyl (C=O) groups excluding carboxylic acids is 1. The summed E-state index contributed by atoms with van der Waals surface area (Å²) in [6, 6.07) is 0. The van der Waals surface area contributed by atoms with Crippen LogP contribution in [-0.4, -0.2) is 21.3 Å². The van der Waals surface area contributed by atoms with Crippen molar-refractivity contribution < 1.29 is 4.79 Å². The van der Waals surface area contributed by atoms with E-state index in [1.54, 1.807) is 16.4 Å². The highest BCUT2D eigenvalue weighted by atomic mass is 32.2. The van der Waals surface area contributed by atoms with Gasteiger partial charge in [0.05, 0.1) is 6.20 Å². The van der Waals surface area contributed by atoms with Gasteiger partial charge in [-0.1, -0.05) is 6.92 Å². The molecule has 0 aliphatic heterocycles. The molecule has 0 unspecified atom stereocenters. The Morgan fingerprint density at radius 2 is 2.43 bits per heavy atom. The largest absolute Gasteiger partial charge is 0.300 e. The number of hydrogen-bond acceptors (Lipinski definition) is 3. The summed E-state index contributed by atoms with van der Waals surface area (Å²) in [7, 11) is 1.91. The topological polar surface area (TPSA) is 34.9 Å². The number of carbonyl (C=O) groups is 1. The molecule has 0 atom stereocenters. The summed E-state index contributed by atoms with van der Waals surface area (Å²) in [5.41, 5.74) is 0. The molecular weight excluding hydrogens is 196 g/mol. The Bertz CT molecular complexity index is 296. The quantitative estimate of drug-likeness (QED) is 0.536. The Balaban J connectivity index is 2.13. The van der Waals surface area contributed by atoms with Crippen LogP contribution in [0.5, 0.6) is 0 Å². The minimum absolute atomic E-state index is 0.358. The molecule has 1 heterocycles. The van der Waals surface area contributed by atoms with Crippen molar-refractivity contribution in [2.75, 3.05) is 5.75 Å². The van der Waals surface area contributed by atoms with Gasteiger partial charge in [0.25, 0.3) is 0 Å². The zero-order valence-electron chi connectivity index (χ0n) is 8.69. The van der Waals surface area contributed by atoms with Crippen molar-refractivity contribution in [2.24, 2.45) is 7.05 Å². The molecule has 1 aromatic rings. The molecule has 0 spiro atoms. The van der Waals surface area contributed by atoms with Crippen molar-refractivity contribution in [1.29, 1.82) is 0 Å². The van der Waals surface area contributed by atoms with Crippen molar-refractivity contribution in [3.63, 3.8) is 0 Å². The highest BCUT2D eigenvalue weighted by molar-refractivity contribution is 7.99. The molecule has 0 aromatic carbocycles. The molecule has 4 heteroatoms. The van der Waals surface area contributed by atoms with Crippen LogP contribution in [0.2, 0.25) is 0 Å². The van der Waals surface area contributed by atoms with Crippen LogP contribution in [0.15, 0.2) is 17.3 Å². The fraction of sp³-hybridized carbons (Fsp3) is 0.600. The van der Waals surface area contributed by atoms with Gasteiger partial charge >= 0.3 is 0 Å². The zero-order valence-corrected chi connectivity index (χ0v) is 9.51. The highest BCUT2D eigenvalue weighted by Gasteiger charge is 1.99. The summed E-state index contributed by atoms with van der Waals surface area (Å²) >= 11 is 1.76. The van der Waals surface area contributed by atoms with Gasteiger partial charge in [0, 0.05) is 31.0 Å². The average Bonchev–Trinajstić information content (AvgIpc) is 2.58. The Kier molecular flexibility index (Phi) is 4.73. The van der Waals surface area contributed by atoms with E-state index in [2.05, 4.69) is 5.10 Å². The van der Waals surface area contributed by atoms with Crippen molar-refractivity contribution >= 4 is 17.5 Å². The van der Waals surface area contributed by atoms with Gasteiger partial charge in [-0.05, 0) is 12.2 Å².